The Labute approximate surface area is 85.8 Å². The van der Waals surface area contributed by atoms with Crippen molar-refractivity contribution in [3.05, 3.63) is 24.5 Å². The van der Waals surface area contributed by atoms with Crippen LogP contribution in [-0.2, 0) is 19.8 Å². The summed E-state index contributed by atoms with van der Waals surface area (Å²) in [5, 5.41) is 0. The minimum absolute atomic E-state index is 0.783. The number of aryl methyl sites for hydroxylation is 1. The van der Waals surface area contributed by atoms with Crippen LogP contribution in [0.1, 0.15) is 0 Å². The van der Waals surface area contributed by atoms with Crippen LogP contribution in [0.4, 0.5) is 0 Å². The molecule has 4 nitrogen and oxygen atoms in total. The van der Waals surface area contributed by atoms with Gasteiger partial charge in [0.05, 0.1) is 0 Å². The number of nitrogens with zero attached hydrogens (tertiary/aromatic N) is 1. The second-order valence-electron chi connectivity index (χ2n) is 2.97. The van der Waals surface area contributed by atoms with Crippen molar-refractivity contribution in [3.8, 4) is 0 Å². The van der Waals surface area contributed by atoms with E-state index in [0.717, 1.165) is 12.6 Å². The molecule has 0 unspecified atom stereocenters. The summed E-state index contributed by atoms with van der Waals surface area (Å²) >= 11 is 0. The SMILES string of the molecule is CO[Si](CCn1cccc1)(OC)OC. The average molecular weight is 215 g/mol. The fraction of sp³-hybridized carbons (Fsp3) is 0.556. The molecule has 0 aromatic carbocycles. The monoisotopic (exact) mass is 215 g/mol. The van der Waals surface area contributed by atoms with E-state index >= 15 is 0 Å². The third-order valence-electron chi connectivity index (χ3n) is 2.28. The molecule has 1 aromatic rings. The molecule has 0 N–H and O–H groups in total. The molecule has 0 spiro atoms. The molecular weight excluding hydrogens is 198 g/mol. The fourth-order valence-corrected chi connectivity index (χ4v) is 2.99. The Balaban J connectivity index is 2.48. The zero-order valence-corrected chi connectivity index (χ0v) is 9.90. The van der Waals surface area contributed by atoms with Crippen LogP contribution in [0.15, 0.2) is 24.5 Å². The molecule has 0 aliphatic rings. The Kier molecular flexibility index (Phi) is 4.34. The predicted octanol–water partition coefficient (Wildman–Crippen LogP) is 1.37. The maximum Gasteiger partial charge on any atom is 0.501 e. The molecule has 0 aliphatic heterocycles. The summed E-state index contributed by atoms with van der Waals surface area (Å²) in [7, 11) is 2.51. The van der Waals surface area contributed by atoms with Crippen molar-refractivity contribution < 1.29 is 13.3 Å². The Morgan fingerprint density at radius 1 is 1.00 bits per heavy atom. The van der Waals surface area contributed by atoms with Crippen LogP contribution >= 0.6 is 0 Å². The van der Waals surface area contributed by atoms with Gasteiger partial charge in [0.25, 0.3) is 0 Å². The lowest BCUT2D eigenvalue weighted by Crippen LogP contribution is -2.43. The van der Waals surface area contributed by atoms with Crippen molar-refractivity contribution in [3.63, 3.8) is 0 Å². The third-order valence-corrected chi connectivity index (χ3v) is 4.98. The molecule has 0 bridgehead atoms. The number of hydrogen-bond donors (Lipinski definition) is 0. The molecule has 5 heteroatoms. The van der Waals surface area contributed by atoms with Gasteiger partial charge in [0.2, 0.25) is 0 Å². The minimum Gasteiger partial charge on any atom is -0.377 e. The van der Waals surface area contributed by atoms with Gasteiger partial charge in [-0.15, -0.1) is 0 Å². The Bertz CT molecular complexity index is 238. The van der Waals surface area contributed by atoms with E-state index in [1.165, 1.54) is 0 Å². The highest BCUT2D eigenvalue weighted by molar-refractivity contribution is 6.60. The van der Waals surface area contributed by atoms with Crippen molar-refractivity contribution in [2.75, 3.05) is 21.3 Å². The molecule has 0 atom stereocenters. The van der Waals surface area contributed by atoms with Crippen molar-refractivity contribution in [2.24, 2.45) is 0 Å². The van der Waals surface area contributed by atoms with Crippen molar-refractivity contribution in [1.82, 2.24) is 4.57 Å². The summed E-state index contributed by atoms with van der Waals surface area (Å²) in [4.78, 5) is 0. The molecule has 14 heavy (non-hydrogen) atoms. The first kappa shape index (κ1) is 11.5. The van der Waals surface area contributed by atoms with Gasteiger partial charge in [-0.2, -0.15) is 0 Å². The lowest BCUT2D eigenvalue weighted by Gasteiger charge is -2.24. The highest BCUT2D eigenvalue weighted by atomic mass is 28.4. The van der Waals surface area contributed by atoms with Gasteiger partial charge in [-0.1, -0.05) is 0 Å². The summed E-state index contributed by atoms with van der Waals surface area (Å²) in [6, 6.07) is 4.77. The van der Waals surface area contributed by atoms with Crippen LogP contribution in [0.25, 0.3) is 0 Å². The van der Waals surface area contributed by atoms with Gasteiger partial charge < -0.3 is 17.8 Å². The largest absolute Gasteiger partial charge is 0.501 e. The van der Waals surface area contributed by atoms with Crippen LogP contribution in [0.2, 0.25) is 6.04 Å². The smallest absolute Gasteiger partial charge is 0.377 e. The molecule has 0 saturated carbocycles. The molecule has 0 saturated heterocycles. The Morgan fingerprint density at radius 2 is 1.50 bits per heavy atom. The van der Waals surface area contributed by atoms with Crippen LogP contribution in [-0.4, -0.2) is 34.7 Å². The lowest BCUT2D eigenvalue weighted by atomic mass is 10.7. The third kappa shape index (κ3) is 2.68. The summed E-state index contributed by atoms with van der Waals surface area (Å²) in [5.41, 5.74) is 0. The lowest BCUT2D eigenvalue weighted by molar-refractivity contribution is 0.122. The van der Waals surface area contributed by atoms with Gasteiger partial charge in [0.15, 0.2) is 0 Å². The second kappa shape index (κ2) is 5.31. The van der Waals surface area contributed by atoms with Crippen molar-refractivity contribution in [1.29, 1.82) is 0 Å². The van der Waals surface area contributed by atoms with Crippen LogP contribution in [0.3, 0.4) is 0 Å². The van der Waals surface area contributed by atoms with Gasteiger partial charge in [-0.3, -0.25) is 0 Å². The highest BCUT2D eigenvalue weighted by Gasteiger charge is 2.37. The zero-order chi connectivity index (χ0) is 10.4. The molecule has 0 fully saturated rings. The van der Waals surface area contributed by atoms with E-state index in [-0.39, 0.29) is 0 Å². The summed E-state index contributed by atoms with van der Waals surface area (Å²) < 4.78 is 18.0. The zero-order valence-electron chi connectivity index (χ0n) is 8.90. The number of rotatable bonds is 6. The molecule has 0 amide bonds. The molecule has 1 aromatic heterocycles. The molecule has 80 valence electrons. The maximum atomic E-state index is 5.32. The second-order valence-corrected chi connectivity index (χ2v) is 6.06. The molecular formula is C9H17NO3Si. The van der Waals surface area contributed by atoms with Gasteiger partial charge in [-0.05, 0) is 12.1 Å². The van der Waals surface area contributed by atoms with Crippen LogP contribution in [0.5, 0.6) is 0 Å². The molecule has 0 radical (unpaired) electrons. The first-order chi connectivity index (χ1) is 6.76. The number of aromatic nitrogens is 1. The van der Waals surface area contributed by atoms with E-state index in [0.29, 0.717) is 0 Å². The predicted molar refractivity (Wildman–Crippen MR) is 56.0 cm³/mol. The summed E-state index contributed by atoms with van der Waals surface area (Å²) in [6.45, 7) is 0.856. The minimum atomic E-state index is -2.39. The Hall–Kier alpha value is -0.623. The summed E-state index contributed by atoms with van der Waals surface area (Å²) in [5.74, 6) is 0. The first-order valence-corrected chi connectivity index (χ1v) is 6.46. The van der Waals surface area contributed by atoms with E-state index < -0.39 is 8.80 Å². The van der Waals surface area contributed by atoms with Crippen LogP contribution < -0.4 is 0 Å². The van der Waals surface area contributed by atoms with Gasteiger partial charge in [-0.25, -0.2) is 0 Å². The fourth-order valence-electron chi connectivity index (χ4n) is 1.34. The quantitative estimate of drug-likeness (QED) is 0.672. The topological polar surface area (TPSA) is 32.6 Å². The molecule has 1 heterocycles. The van der Waals surface area contributed by atoms with Gasteiger partial charge in [0.1, 0.15) is 0 Å². The first-order valence-electron chi connectivity index (χ1n) is 4.52. The Morgan fingerprint density at radius 3 is 1.93 bits per heavy atom. The normalized spacial score (nSPS) is 11.9. The van der Waals surface area contributed by atoms with E-state index in [4.69, 9.17) is 13.3 Å². The standard InChI is InChI=1S/C9H17NO3Si/c1-11-14(12-2,13-3)9-8-10-6-4-5-7-10/h4-7H,8-9H2,1-3H3. The van der Waals surface area contributed by atoms with Crippen LogP contribution in [0, 0.1) is 0 Å². The van der Waals surface area contributed by atoms with E-state index in [2.05, 4.69) is 4.57 Å². The van der Waals surface area contributed by atoms with Gasteiger partial charge >= 0.3 is 8.80 Å². The van der Waals surface area contributed by atoms with Crippen molar-refractivity contribution in [2.45, 2.75) is 12.6 Å². The number of hydrogen-bond acceptors (Lipinski definition) is 3. The summed E-state index contributed by atoms with van der Waals surface area (Å²) in [6.07, 6.45) is 4.03. The van der Waals surface area contributed by atoms with Crippen molar-refractivity contribution >= 4 is 8.80 Å². The molecule has 1 rings (SSSR count). The highest BCUT2D eigenvalue weighted by Crippen LogP contribution is 2.13. The van der Waals surface area contributed by atoms with E-state index in [9.17, 15) is 0 Å². The van der Waals surface area contributed by atoms with Gasteiger partial charge in [0, 0.05) is 46.3 Å². The van der Waals surface area contributed by atoms with E-state index in [1.54, 1.807) is 21.3 Å². The van der Waals surface area contributed by atoms with E-state index in [1.807, 2.05) is 24.5 Å². The maximum absolute atomic E-state index is 5.32. The average Bonchev–Trinajstić information content (AvgIpc) is 2.74. The molecule has 0 aliphatic carbocycles.